The van der Waals surface area contributed by atoms with Crippen LogP contribution in [0, 0.1) is 12.7 Å². The van der Waals surface area contributed by atoms with Gasteiger partial charge in [-0.05, 0) is 19.9 Å². The summed E-state index contributed by atoms with van der Waals surface area (Å²) in [6, 6.07) is 6.71. The Labute approximate surface area is 157 Å². The fraction of sp³-hybridized carbons (Fsp3) is 0.375. The zero-order valence-corrected chi connectivity index (χ0v) is 16.5. The van der Waals surface area contributed by atoms with E-state index in [9.17, 15) is 4.39 Å². The maximum atomic E-state index is 13.6. The van der Waals surface area contributed by atoms with Crippen LogP contribution in [-0.4, -0.2) is 24.0 Å². The molecule has 0 aliphatic heterocycles. The molecule has 0 unspecified atom stereocenters. The van der Waals surface area contributed by atoms with E-state index in [0.717, 1.165) is 24.5 Å². The SMILES string of the molecule is CCNC(=NCc1ccccc1F)NCCc1ncc(C)s1.I. The highest BCUT2D eigenvalue weighted by Crippen LogP contribution is 2.11. The number of halogens is 2. The zero-order chi connectivity index (χ0) is 15.8. The quantitative estimate of drug-likeness (QED) is 0.404. The lowest BCUT2D eigenvalue weighted by molar-refractivity contribution is 0.610. The molecule has 7 heteroatoms. The monoisotopic (exact) mass is 448 g/mol. The normalized spacial score (nSPS) is 11.0. The maximum absolute atomic E-state index is 13.6. The first-order chi connectivity index (χ1) is 10.7. The fourth-order valence-electron chi connectivity index (χ4n) is 1.94. The van der Waals surface area contributed by atoms with Gasteiger partial charge in [0.25, 0.3) is 0 Å². The Morgan fingerprint density at radius 3 is 2.74 bits per heavy atom. The fourth-order valence-corrected chi connectivity index (χ4v) is 2.72. The lowest BCUT2D eigenvalue weighted by atomic mass is 10.2. The first-order valence-corrected chi connectivity index (χ1v) is 8.17. The summed E-state index contributed by atoms with van der Waals surface area (Å²) >= 11 is 1.70. The summed E-state index contributed by atoms with van der Waals surface area (Å²) in [4.78, 5) is 9.97. The number of aromatic nitrogens is 1. The standard InChI is InChI=1S/C16H21FN4S.HI/c1-3-18-16(19-9-8-15-20-10-12(2)22-15)21-11-13-6-4-5-7-14(13)17;/h4-7,10H,3,8-9,11H2,1-2H3,(H2,18,19,21);1H. The van der Waals surface area contributed by atoms with E-state index in [2.05, 4.69) is 27.5 Å². The lowest BCUT2D eigenvalue weighted by Crippen LogP contribution is -2.38. The van der Waals surface area contributed by atoms with Crippen LogP contribution < -0.4 is 10.6 Å². The number of rotatable bonds is 6. The lowest BCUT2D eigenvalue weighted by Gasteiger charge is -2.10. The van der Waals surface area contributed by atoms with Crippen LogP contribution in [0.4, 0.5) is 4.39 Å². The van der Waals surface area contributed by atoms with Crippen LogP contribution in [0.25, 0.3) is 0 Å². The van der Waals surface area contributed by atoms with Crippen LogP contribution in [0.1, 0.15) is 22.4 Å². The molecule has 2 rings (SSSR count). The Kier molecular flexibility index (Phi) is 9.08. The second kappa shape index (κ2) is 10.5. The van der Waals surface area contributed by atoms with Gasteiger partial charge in [0, 0.05) is 36.1 Å². The van der Waals surface area contributed by atoms with E-state index < -0.39 is 0 Å². The van der Waals surface area contributed by atoms with E-state index in [4.69, 9.17) is 0 Å². The summed E-state index contributed by atoms with van der Waals surface area (Å²) in [5, 5.41) is 7.52. The third-order valence-corrected chi connectivity index (χ3v) is 3.98. The molecule has 1 aromatic heterocycles. The minimum absolute atomic E-state index is 0. The molecule has 0 aliphatic rings. The molecular weight excluding hydrogens is 426 g/mol. The molecule has 0 atom stereocenters. The van der Waals surface area contributed by atoms with Crippen molar-refractivity contribution in [1.29, 1.82) is 0 Å². The van der Waals surface area contributed by atoms with Crippen molar-refractivity contribution in [1.82, 2.24) is 15.6 Å². The first kappa shape index (κ1) is 19.8. The van der Waals surface area contributed by atoms with Gasteiger partial charge in [-0.2, -0.15) is 0 Å². The van der Waals surface area contributed by atoms with E-state index in [-0.39, 0.29) is 29.8 Å². The number of aliphatic imine (C=N–C) groups is 1. The average Bonchev–Trinajstić information content (AvgIpc) is 2.92. The predicted octanol–water partition coefficient (Wildman–Crippen LogP) is 3.51. The van der Waals surface area contributed by atoms with Crippen molar-refractivity contribution in [2.45, 2.75) is 26.8 Å². The Morgan fingerprint density at radius 1 is 1.30 bits per heavy atom. The van der Waals surface area contributed by atoms with Gasteiger partial charge in [-0.25, -0.2) is 14.4 Å². The van der Waals surface area contributed by atoms with Gasteiger partial charge in [0.05, 0.1) is 11.6 Å². The van der Waals surface area contributed by atoms with E-state index in [1.165, 1.54) is 10.9 Å². The van der Waals surface area contributed by atoms with Crippen molar-refractivity contribution < 1.29 is 4.39 Å². The van der Waals surface area contributed by atoms with E-state index >= 15 is 0 Å². The van der Waals surface area contributed by atoms with Crippen molar-refractivity contribution in [2.24, 2.45) is 4.99 Å². The van der Waals surface area contributed by atoms with Gasteiger partial charge in [-0.15, -0.1) is 35.3 Å². The van der Waals surface area contributed by atoms with Crippen molar-refractivity contribution in [3.05, 3.63) is 51.7 Å². The summed E-state index contributed by atoms with van der Waals surface area (Å²) < 4.78 is 13.6. The Morgan fingerprint density at radius 2 is 2.09 bits per heavy atom. The Hall–Kier alpha value is -1.22. The van der Waals surface area contributed by atoms with E-state index in [0.29, 0.717) is 18.1 Å². The van der Waals surface area contributed by atoms with Gasteiger partial charge in [0.1, 0.15) is 5.82 Å². The van der Waals surface area contributed by atoms with Gasteiger partial charge in [0.2, 0.25) is 0 Å². The van der Waals surface area contributed by atoms with Crippen LogP contribution >= 0.6 is 35.3 Å². The number of benzene rings is 1. The molecule has 2 aromatic rings. The highest BCUT2D eigenvalue weighted by Gasteiger charge is 2.03. The number of aryl methyl sites for hydroxylation is 1. The topological polar surface area (TPSA) is 49.3 Å². The molecule has 0 fully saturated rings. The molecule has 0 amide bonds. The van der Waals surface area contributed by atoms with Crippen LogP contribution in [0.5, 0.6) is 0 Å². The number of hydrogen-bond acceptors (Lipinski definition) is 3. The summed E-state index contributed by atoms with van der Waals surface area (Å²) in [6.07, 6.45) is 2.74. The smallest absolute Gasteiger partial charge is 0.191 e. The molecule has 2 N–H and O–H groups in total. The number of guanidine groups is 1. The molecule has 0 radical (unpaired) electrons. The summed E-state index contributed by atoms with van der Waals surface area (Å²) in [7, 11) is 0. The van der Waals surface area contributed by atoms with Crippen LogP contribution in [0.2, 0.25) is 0 Å². The van der Waals surface area contributed by atoms with Crippen LogP contribution in [-0.2, 0) is 13.0 Å². The summed E-state index contributed by atoms with van der Waals surface area (Å²) in [6.45, 7) is 5.88. The third kappa shape index (κ3) is 6.82. The predicted molar refractivity (Wildman–Crippen MR) is 105 cm³/mol. The number of hydrogen-bond donors (Lipinski definition) is 2. The molecule has 0 saturated heterocycles. The third-order valence-electron chi connectivity index (χ3n) is 3.01. The minimum Gasteiger partial charge on any atom is -0.357 e. The van der Waals surface area contributed by atoms with Crippen LogP contribution in [0.3, 0.4) is 0 Å². The second-order valence-electron chi connectivity index (χ2n) is 4.83. The van der Waals surface area contributed by atoms with Gasteiger partial charge >= 0.3 is 0 Å². The highest BCUT2D eigenvalue weighted by atomic mass is 127. The molecular formula is C16H22FIN4S. The van der Waals surface area contributed by atoms with E-state index in [1.807, 2.05) is 19.2 Å². The van der Waals surface area contributed by atoms with Crippen molar-refractivity contribution in [2.75, 3.05) is 13.1 Å². The Bertz CT molecular complexity index is 630. The molecule has 4 nitrogen and oxygen atoms in total. The number of nitrogens with zero attached hydrogens (tertiary/aromatic N) is 2. The highest BCUT2D eigenvalue weighted by molar-refractivity contribution is 14.0. The first-order valence-electron chi connectivity index (χ1n) is 7.36. The number of nitrogens with one attached hydrogen (secondary N) is 2. The molecule has 23 heavy (non-hydrogen) atoms. The van der Waals surface area contributed by atoms with Gasteiger partial charge in [0.15, 0.2) is 5.96 Å². The zero-order valence-electron chi connectivity index (χ0n) is 13.3. The summed E-state index contributed by atoms with van der Waals surface area (Å²) in [5.41, 5.74) is 0.593. The van der Waals surface area contributed by atoms with Crippen molar-refractivity contribution in [3.8, 4) is 0 Å². The van der Waals surface area contributed by atoms with Gasteiger partial charge in [-0.1, -0.05) is 18.2 Å². The minimum atomic E-state index is -0.222. The molecule has 1 aromatic carbocycles. The molecule has 0 spiro atoms. The van der Waals surface area contributed by atoms with Crippen LogP contribution in [0.15, 0.2) is 35.5 Å². The van der Waals surface area contributed by atoms with Gasteiger partial charge in [-0.3, -0.25) is 0 Å². The molecule has 0 aliphatic carbocycles. The van der Waals surface area contributed by atoms with Crippen molar-refractivity contribution in [3.63, 3.8) is 0 Å². The summed E-state index contributed by atoms with van der Waals surface area (Å²) in [5.74, 6) is 0.472. The maximum Gasteiger partial charge on any atom is 0.191 e. The number of thiazole rings is 1. The second-order valence-corrected chi connectivity index (χ2v) is 6.15. The molecule has 1 heterocycles. The largest absolute Gasteiger partial charge is 0.357 e. The average molecular weight is 448 g/mol. The molecule has 126 valence electrons. The van der Waals surface area contributed by atoms with Crippen molar-refractivity contribution >= 4 is 41.3 Å². The molecule has 0 bridgehead atoms. The molecule has 0 saturated carbocycles. The Balaban J connectivity index is 0.00000264. The van der Waals surface area contributed by atoms with E-state index in [1.54, 1.807) is 23.5 Å². The van der Waals surface area contributed by atoms with Gasteiger partial charge < -0.3 is 10.6 Å².